The molecule has 28 heavy (non-hydrogen) atoms. The van der Waals surface area contributed by atoms with E-state index in [1.165, 1.54) is 5.56 Å². The van der Waals surface area contributed by atoms with E-state index in [1.807, 2.05) is 4.90 Å². The predicted octanol–water partition coefficient (Wildman–Crippen LogP) is 4.16. The number of amides is 2. The Bertz CT molecular complexity index is 811. The first-order valence-corrected chi connectivity index (χ1v) is 9.94. The average Bonchev–Trinajstić information content (AvgIpc) is 3.24. The van der Waals surface area contributed by atoms with Crippen LogP contribution in [0.1, 0.15) is 47.7 Å². The number of hydrogen-bond donors (Lipinski definition) is 1. The summed E-state index contributed by atoms with van der Waals surface area (Å²) >= 11 is 0. The van der Waals surface area contributed by atoms with Crippen molar-refractivity contribution in [2.45, 2.75) is 45.8 Å². The molecular formula is C23H28N2O3. The molecule has 0 bridgehead atoms. The molecule has 1 saturated heterocycles. The van der Waals surface area contributed by atoms with E-state index in [0.717, 1.165) is 24.8 Å². The van der Waals surface area contributed by atoms with Gasteiger partial charge in [-0.3, -0.25) is 9.59 Å². The Morgan fingerprint density at radius 2 is 1.96 bits per heavy atom. The van der Waals surface area contributed by atoms with Crippen molar-refractivity contribution >= 4 is 17.5 Å². The van der Waals surface area contributed by atoms with Gasteiger partial charge in [0.15, 0.2) is 0 Å². The van der Waals surface area contributed by atoms with Crippen molar-refractivity contribution in [3.8, 4) is 0 Å². The highest BCUT2D eigenvalue weighted by atomic mass is 16.5. The van der Waals surface area contributed by atoms with Gasteiger partial charge in [-0.15, -0.1) is 0 Å². The van der Waals surface area contributed by atoms with Crippen molar-refractivity contribution in [2.24, 2.45) is 0 Å². The van der Waals surface area contributed by atoms with Crippen molar-refractivity contribution in [3.05, 3.63) is 65.2 Å². The van der Waals surface area contributed by atoms with Gasteiger partial charge in [0.25, 0.3) is 11.8 Å². The van der Waals surface area contributed by atoms with Gasteiger partial charge in [0, 0.05) is 30.9 Å². The lowest BCUT2D eigenvalue weighted by molar-refractivity contribution is -0.124. The fourth-order valence-corrected chi connectivity index (χ4v) is 3.36. The van der Waals surface area contributed by atoms with Crippen LogP contribution in [-0.2, 0) is 16.1 Å². The van der Waals surface area contributed by atoms with Crippen LogP contribution in [0.15, 0.2) is 48.5 Å². The monoisotopic (exact) mass is 380 g/mol. The lowest BCUT2D eigenvalue weighted by Gasteiger charge is -2.23. The summed E-state index contributed by atoms with van der Waals surface area (Å²) in [6.45, 7) is 5.99. The zero-order valence-corrected chi connectivity index (χ0v) is 16.6. The van der Waals surface area contributed by atoms with Crippen molar-refractivity contribution in [1.29, 1.82) is 0 Å². The molecule has 1 unspecified atom stereocenters. The molecule has 1 atom stereocenters. The van der Waals surface area contributed by atoms with Gasteiger partial charge in [0.1, 0.15) is 6.10 Å². The van der Waals surface area contributed by atoms with Gasteiger partial charge in [-0.2, -0.15) is 0 Å². The van der Waals surface area contributed by atoms with Crippen LogP contribution >= 0.6 is 0 Å². The summed E-state index contributed by atoms with van der Waals surface area (Å²) in [4.78, 5) is 27.2. The van der Waals surface area contributed by atoms with Crippen LogP contribution in [0.4, 0.5) is 5.69 Å². The van der Waals surface area contributed by atoms with Crippen molar-refractivity contribution in [3.63, 3.8) is 0 Å². The van der Waals surface area contributed by atoms with E-state index >= 15 is 0 Å². The summed E-state index contributed by atoms with van der Waals surface area (Å²) in [5.74, 6) is -0.178. The van der Waals surface area contributed by atoms with Gasteiger partial charge in [0.05, 0.1) is 0 Å². The molecule has 2 aromatic carbocycles. The second-order valence-corrected chi connectivity index (χ2v) is 7.28. The molecular weight excluding hydrogens is 352 g/mol. The number of ether oxygens (including phenoxy) is 1. The first kappa shape index (κ1) is 20.1. The molecule has 0 saturated carbocycles. The number of nitrogens with zero attached hydrogens (tertiary/aromatic N) is 1. The van der Waals surface area contributed by atoms with Gasteiger partial charge in [0.2, 0.25) is 0 Å². The minimum Gasteiger partial charge on any atom is -0.368 e. The molecule has 2 amide bonds. The standard InChI is InChI=1S/C23H28N2O3/c1-3-13-25(16-18-11-9-17(2)10-12-18)23(27)19-6-4-7-20(15-19)24-22(26)21-8-5-14-28-21/h4,6-7,9-12,15,21H,3,5,8,13-14,16H2,1-2H3,(H,24,26). The van der Waals surface area contributed by atoms with Crippen LogP contribution in [0.25, 0.3) is 0 Å². The SMILES string of the molecule is CCCN(Cc1ccc(C)cc1)C(=O)c1cccc(NC(=O)C2CCCO2)c1. The molecule has 1 aliphatic heterocycles. The predicted molar refractivity (Wildman–Crippen MR) is 110 cm³/mol. The van der Waals surface area contributed by atoms with E-state index in [0.29, 0.717) is 30.9 Å². The van der Waals surface area contributed by atoms with Gasteiger partial charge < -0.3 is 15.0 Å². The van der Waals surface area contributed by atoms with Gasteiger partial charge in [-0.1, -0.05) is 42.8 Å². The fourth-order valence-electron chi connectivity index (χ4n) is 3.36. The maximum Gasteiger partial charge on any atom is 0.254 e. The number of carbonyl (C=O) groups excluding carboxylic acids is 2. The Morgan fingerprint density at radius 1 is 1.18 bits per heavy atom. The number of nitrogens with one attached hydrogen (secondary N) is 1. The van der Waals surface area contributed by atoms with E-state index in [4.69, 9.17) is 4.74 Å². The van der Waals surface area contributed by atoms with Crippen LogP contribution in [0, 0.1) is 6.92 Å². The van der Waals surface area contributed by atoms with Crippen molar-refractivity contribution in [1.82, 2.24) is 4.90 Å². The Balaban J connectivity index is 1.71. The number of rotatable bonds is 7. The molecule has 0 spiro atoms. The summed E-state index contributed by atoms with van der Waals surface area (Å²) in [6.07, 6.45) is 2.14. The summed E-state index contributed by atoms with van der Waals surface area (Å²) in [6, 6.07) is 15.4. The second-order valence-electron chi connectivity index (χ2n) is 7.28. The summed E-state index contributed by atoms with van der Waals surface area (Å²) in [7, 11) is 0. The van der Waals surface area contributed by atoms with Crippen LogP contribution in [0.3, 0.4) is 0 Å². The van der Waals surface area contributed by atoms with Gasteiger partial charge in [-0.05, 0) is 49.9 Å². The average molecular weight is 380 g/mol. The highest BCUT2D eigenvalue weighted by molar-refractivity contribution is 5.98. The van der Waals surface area contributed by atoms with Gasteiger partial charge >= 0.3 is 0 Å². The highest BCUT2D eigenvalue weighted by Crippen LogP contribution is 2.18. The van der Waals surface area contributed by atoms with Crippen LogP contribution < -0.4 is 5.32 Å². The molecule has 1 N–H and O–H groups in total. The topological polar surface area (TPSA) is 58.6 Å². The smallest absolute Gasteiger partial charge is 0.254 e. The first-order valence-electron chi connectivity index (χ1n) is 9.94. The third-order valence-corrected chi connectivity index (χ3v) is 4.87. The molecule has 148 valence electrons. The maximum atomic E-state index is 13.1. The van der Waals surface area contributed by atoms with Crippen LogP contribution in [-0.4, -0.2) is 36.0 Å². The lowest BCUT2D eigenvalue weighted by Crippen LogP contribution is -2.31. The molecule has 0 aliphatic carbocycles. The third kappa shape index (κ3) is 5.20. The lowest BCUT2D eigenvalue weighted by atomic mass is 10.1. The largest absolute Gasteiger partial charge is 0.368 e. The van der Waals surface area contributed by atoms with E-state index in [-0.39, 0.29) is 11.8 Å². The molecule has 1 aliphatic rings. The van der Waals surface area contributed by atoms with Crippen LogP contribution in [0.2, 0.25) is 0 Å². The second kappa shape index (κ2) is 9.51. The highest BCUT2D eigenvalue weighted by Gasteiger charge is 2.24. The van der Waals surface area contributed by atoms with E-state index < -0.39 is 6.10 Å². The normalized spacial score (nSPS) is 16.0. The minimum atomic E-state index is -0.391. The number of hydrogen-bond acceptors (Lipinski definition) is 3. The molecule has 0 aromatic heterocycles. The first-order chi connectivity index (χ1) is 13.6. The van der Waals surface area contributed by atoms with Crippen molar-refractivity contribution < 1.29 is 14.3 Å². The van der Waals surface area contributed by atoms with Crippen molar-refractivity contribution in [2.75, 3.05) is 18.5 Å². The molecule has 1 heterocycles. The fraction of sp³-hybridized carbons (Fsp3) is 0.391. The summed E-state index contributed by atoms with van der Waals surface area (Å²) < 4.78 is 5.42. The zero-order chi connectivity index (χ0) is 19.9. The molecule has 2 aromatic rings. The summed E-state index contributed by atoms with van der Waals surface area (Å²) in [5, 5.41) is 2.87. The number of aryl methyl sites for hydroxylation is 1. The third-order valence-electron chi connectivity index (χ3n) is 4.87. The number of carbonyl (C=O) groups is 2. The van der Waals surface area contributed by atoms with E-state index in [9.17, 15) is 9.59 Å². The Kier molecular flexibility index (Phi) is 6.82. The van der Waals surface area contributed by atoms with E-state index in [1.54, 1.807) is 24.3 Å². The summed E-state index contributed by atoms with van der Waals surface area (Å²) in [5.41, 5.74) is 3.51. The zero-order valence-electron chi connectivity index (χ0n) is 16.6. The molecule has 5 nitrogen and oxygen atoms in total. The minimum absolute atomic E-state index is 0.0318. The maximum absolute atomic E-state index is 13.1. The number of anilines is 1. The molecule has 3 rings (SSSR count). The molecule has 1 fully saturated rings. The Morgan fingerprint density at radius 3 is 2.64 bits per heavy atom. The quantitative estimate of drug-likeness (QED) is 0.784. The Labute approximate surface area is 166 Å². The van der Waals surface area contributed by atoms with Crippen LogP contribution in [0.5, 0.6) is 0 Å². The molecule has 0 radical (unpaired) electrons. The molecule has 5 heteroatoms. The number of benzene rings is 2. The van der Waals surface area contributed by atoms with E-state index in [2.05, 4.69) is 43.4 Å². The Hall–Kier alpha value is -2.66. The van der Waals surface area contributed by atoms with Gasteiger partial charge in [-0.25, -0.2) is 0 Å².